The normalized spacial score (nSPS) is 18.5. The van der Waals surface area contributed by atoms with Gasteiger partial charge in [-0.15, -0.1) is 0 Å². The molecule has 0 spiro atoms. The molecular weight excluding hydrogens is 244 g/mol. The Hall–Kier alpha value is -2.04. The number of rotatable bonds is 3. The van der Waals surface area contributed by atoms with Crippen molar-refractivity contribution < 1.29 is 14.7 Å². The van der Waals surface area contributed by atoms with E-state index in [1.807, 2.05) is 6.92 Å². The molecule has 1 amide bonds. The van der Waals surface area contributed by atoms with E-state index in [1.54, 1.807) is 30.1 Å². The third-order valence-corrected chi connectivity index (χ3v) is 3.34. The number of anilines is 1. The maximum Gasteiger partial charge on any atom is 0.335 e. The van der Waals surface area contributed by atoms with Crippen molar-refractivity contribution in [1.29, 1.82) is 0 Å². The topological polar surface area (TPSA) is 69.6 Å². The number of hydrogen-bond donors (Lipinski definition) is 2. The third kappa shape index (κ3) is 2.70. The van der Waals surface area contributed by atoms with Gasteiger partial charge in [0.05, 0.1) is 5.56 Å². The number of hydrogen-bond acceptors (Lipinski definition) is 3. The molecule has 0 saturated heterocycles. The molecule has 19 heavy (non-hydrogen) atoms. The van der Waals surface area contributed by atoms with E-state index in [1.165, 1.54) is 0 Å². The number of nitrogens with zero attached hydrogens (tertiary/aromatic N) is 1. The number of carboxylic acid groups (broad SMARTS) is 1. The summed E-state index contributed by atoms with van der Waals surface area (Å²) in [6.45, 7) is 2.47. The minimum Gasteiger partial charge on any atom is -0.478 e. The van der Waals surface area contributed by atoms with Gasteiger partial charge in [-0.3, -0.25) is 4.79 Å². The highest BCUT2D eigenvalue weighted by molar-refractivity contribution is 5.90. The van der Waals surface area contributed by atoms with Crippen molar-refractivity contribution in [2.75, 3.05) is 12.4 Å². The minimum atomic E-state index is -0.953. The lowest BCUT2D eigenvalue weighted by atomic mass is 10.1. The van der Waals surface area contributed by atoms with Crippen LogP contribution in [0.5, 0.6) is 0 Å². The molecule has 0 radical (unpaired) electrons. The van der Waals surface area contributed by atoms with Gasteiger partial charge in [0, 0.05) is 19.3 Å². The predicted octanol–water partition coefficient (Wildman–Crippen LogP) is 1.94. The van der Waals surface area contributed by atoms with Crippen LogP contribution >= 0.6 is 0 Å². The third-order valence-electron chi connectivity index (χ3n) is 3.34. The van der Waals surface area contributed by atoms with E-state index in [0.717, 1.165) is 24.1 Å². The number of nitrogens with one attached hydrogen (secondary N) is 1. The maximum absolute atomic E-state index is 12.2. The van der Waals surface area contributed by atoms with E-state index in [9.17, 15) is 9.59 Å². The van der Waals surface area contributed by atoms with Gasteiger partial charge in [-0.2, -0.15) is 0 Å². The number of amides is 1. The molecule has 1 aromatic carbocycles. The summed E-state index contributed by atoms with van der Waals surface area (Å²) < 4.78 is 0. The molecule has 0 aliphatic carbocycles. The van der Waals surface area contributed by atoms with Crippen LogP contribution in [0.3, 0.4) is 0 Å². The number of likely N-dealkylation sites (N-methyl/N-ethyl adjacent to an activating group) is 1. The SMILES string of the molecule is CCC[C@H]1Nc2ccc(C(=O)O)cc2CN(C)C1=O. The molecule has 2 rings (SSSR count). The zero-order valence-electron chi connectivity index (χ0n) is 11.1. The molecule has 5 heteroatoms. The molecule has 0 fully saturated rings. The summed E-state index contributed by atoms with van der Waals surface area (Å²) in [5.41, 5.74) is 1.94. The van der Waals surface area contributed by atoms with Gasteiger partial charge in [-0.05, 0) is 30.2 Å². The second-order valence-corrected chi connectivity index (χ2v) is 4.86. The standard InChI is InChI=1S/C14H18N2O3/c1-3-4-12-13(17)16(2)8-10-7-9(14(18)19)5-6-11(10)15-12/h5-7,12,15H,3-4,8H2,1-2H3,(H,18,19)/t12-/m1/s1. The van der Waals surface area contributed by atoms with Crippen molar-refractivity contribution in [3.63, 3.8) is 0 Å². The van der Waals surface area contributed by atoms with E-state index in [0.29, 0.717) is 6.54 Å². The van der Waals surface area contributed by atoms with E-state index in [-0.39, 0.29) is 17.5 Å². The van der Waals surface area contributed by atoms with E-state index >= 15 is 0 Å². The van der Waals surface area contributed by atoms with E-state index in [2.05, 4.69) is 5.32 Å². The van der Waals surface area contributed by atoms with Crippen LogP contribution in [0.2, 0.25) is 0 Å². The molecule has 2 N–H and O–H groups in total. The number of fused-ring (bicyclic) bond motifs is 1. The zero-order chi connectivity index (χ0) is 14.0. The van der Waals surface area contributed by atoms with Crippen molar-refractivity contribution in [3.8, 4) is 0 Å². The van der Waals surface area contributed by atoms with E-state index in [4.69, 9.17) is 5.11 Å². The summed E-state index contributed by atoms with van der Waals surface area (Å²) in [6.07, 6.45) is 1.68. The van der Waals surface area contributed by atoms with Crippen LogP contribution in [0.25, 0.3) is 0 Å². The first-order valence-corrected chi connectivity index (χ1v) is 6.40. The lowest BCUT2D eigenvalue weighted by Crippen LogP contribution is -2.38. The first-order chi connectivity index (χ1) is 9.02. The second kappa shape index (κ2) is 5.30. The number of aromatic carboxylic acids is 1. The summed E-state index contributed by atoms with van der Waals surface area (Å²) in [7, 11) is 1.75. The Morgan fingerprint density at radius 3 is 2.89 bits per heavy atom. The lowest BCUT2D eigenvalue weighted by molar-refractivity contribution is -0.131. The zero-order valence-corrected chi connectivity index (χ0v) is 11.1. The first kappa shape index (κ1) is 13.4. The van der Waals surface area contributed by atoms with Crippen LogP contribution in [0, 0.1) is 0 Å². The summed E-state index contributed by atoms with van der Waals surface area (Å²) in [6, 6.07) is 4.70. The second-order valence-electron chi connectivity index (χ2n) is 4.86. The van der Waals surface area contributed by atoms with Crippen LogP contribution in [0.1, 0.15) is 35.7 Å². The lowest BCUT2D eigenvalue weighted by Gasteiger charge is -2.19. The van der Waals surface area contributed by atoms with Crippen molar-refractivity contribution in [3.05, 3.63) is 29.3 Å². The number of carbonyl (C=O) groups is 2. The fourth-order valence-corrected chi connectivity index (χ4v) is 2.33. The Bertz CT molecular complexity index is 513. The molecule has 1 heterocycles. The number of carbonyl (C=O) groups excluding carboxylic acids is 1. The summed E-state index contributed by atoms with van der Waals surface area (Å²) in [5, 5.41) is 12.2. The van der Waals surface area contributed by atoms with Crippen LogP contribution in [-0.4, -0.2) is 35.0 Å². The van der Waals surface area contributed by atoms with Crippen LogP contribution in [0.15, 0.2) is 18.2 Å². The Labute approximate surface area is 112 Å². The van der Waals surface area contributed by atoms with Crippen LogP contribution < -0.4 is 5.32 Å². The molecule has 1 aliphatic heterocycles. The highest BCUT2D eigenvalue weighted by Gasteiger charge is 2.26. The number of benzene rings is 1. The molecule has 0 aromatic heterocycles. The van der Waals surface area contributed by atoms with Gasteiger partial charge in [0.1, 0.15) is 6.04 Å². The maximum atomic E-state index is 12.2. The highest BCUT2D eigenvalue weighted by Crippen LogP contribution is 2.25. The Kier molecular flexibility index (Phi) is 3.74. The largest absolute Gasteiger partial charge is 0.478 e. The molecule has 102 valence electrons. The molecule has 1 aliphatic rings. The van der Waals surface area contributed by atoms with Crippen LogP contribution in [0.4, 0.5) is 5.69 Å². The average molecular weight is 262 g/mol. The smallest absolute Gasteiger partial charge is 0.335 e. The quantitative estimate of drug-likeness (QED) is 0.873. The Morgan fingerprint density at radius 1 is 1.53 bits per heavy atom. The minimum absolute atomic E-state index is 0.0509. The Morgan fingerprint density at radius 2 is 2.26 bits per heavy atom. The predicted molar refractivity (Wildman–Crippen MR) is 72.2 cm³/mol. The summed E-state index contributed by atoms with van der Waals surface area (Å²) in [4.78, 5) is 24.8. The molecule has 0 saturated carbocycles. The van der Waals surface area contributed by atoms with Crippen molar-refractivity contribution >= 4 is 17.6 Å². The van der Waals surface area contributed by atoms with Gasteiger partial charge in [0.15, 0.2) is 0 Å². The fraction of sp³-hybridized carbons (Fsp3) is 0.429. The van der Waals surface area contributed by atoms with Crippen molar-refractivity contribution in [1.82, 2.24) is 4.90 Å². The monoisotopic (exact) mass is 262 g/mol. The van der Waals surface area contributed by atoms with Gasteiger partial charge in [-0.1, -0.05) is 13.3 Å². The Balaban J connectivity index is 2.37. The van der Waals surface area contributed by atoms with Gasteiger partial charge < -0.3 is 15.3 Å². The van der Waals surface area contributed by atoms with Gasteiger partial charge >= 0.3 is 5.97 Å². The van der Waals surface area contributed by atoms with Crippen molar-refractivity contribution in [2.45, 2.75) is 32.4 Å². The molecular formula is C14H18N2O3. The van der Waals surface area contributed by atoms with E-state index < -0.39 is 5.97 Å². The molecule has 1 aromatic rings. The molecule has 1 atom stereocenters. The van der Waals surface area contributed by atoms with Gasteiger partial charge in [0.2, 0.25) is 5.91 Å². The summed E-state index contributed by atoms with van der Waals surface area (Å²) in [5.74, 6) is -0.902. The average Bonchev–Trinajstić information content (AvgIpc) is 2.48. The van der Waals surface area contributed by atoms with Gasteiger partial charge in [0.25, 0.3) is 0 Å². The first-order valence-electron chi connectivity index (χ1n) is 6.40. The summed E-state index contributed by atoms with van der Waals surface area (Å²) >= 11 is 0. The highest BCUT2D eigenvalue weighted by atomic mass is 16.4. The molecule has 5 nitrogen and oxygen atoms in total. The number of carboxylic acids is 1. The molecule has 0 bridgehead atoms. The van der Waals surface area contributed by atoms with Crippen molar-refractivity contribution in [2.24, 2.45) is 0 Å². The van der Waals surface area contributed by atoms with Gasteiger partial charge in [-0.25, -0.2) is 4.79 Å². The molecule has 0 unspecified atom stereocenters. The fourth-order valence-electron chi connectivity index (χ4n) is 2.33. The van der Waals surface area contributed by atoms with Crippen LogP contribution in [-0.2, 0) is 11.3 Å².